The Labute approximate surface area is 793 Å². The summed E-state index contributed by atoms with van der Waals surface area (Å²) in [5.74, 6) is -1.58. The number of ether oxygens (including phenoxy) is 4. The van der Waals surface area contributed by atoms with Crippen LogP contribution in [-0.4, -0.2) is 131 Å². The molecule has 0 fully saturated rings. The summed E-state index contributed by atoms with van der Waals surface area (Å²) in [5, 5.41) is 105. The van der Waals surface area contributed by atoms with Gasteiger partial charge in [0.05, 0.1) is 32.5 Å². The Morgan fingerprint density at radius 3 is 0.993 bits per heavy atom. The number of aromatic hydroxyl groups is 4. The van der Waals surface area contributed by atoms with Crippen molar-refractivity contribution in [2.24, 2.45) is 0 Å². The van der Waals surface area contributed by atoms with Crippen LogP contribution in [0.2, 0.25) is 0 Å². The van der Waals surface area contributed by atoms with Gasteiger partial charge < -0.3 is 97.7 Å². The van der Waals surface area contributed by atoms with E-state index in [4.69, 9.17) is 62.1 Å². The Balaban J connectivity index is 0.000000165. The number of carbonyl (C=O) groups is 2. The largest absolute Gasteiger partial charge is 0.506 e. The minimum Gasteiger partial charge on any atom is -0.506 e. The number of esters is 1. The molecule has 10 aromatic carbocycles. The van der Waals surface area contributed by atoms with E-state index in [-0.39, 0.29) is 112 Å². The van der Waals surface area contributed by atoms with E-state index in [9.17, 15) is 72.2 Å². The number of hydrogen-bond donors (Lipinski definition) is 11. The van der Waals surface area contributed by atoms with Gasteiger partial charge in [0.15, 0.2) is 27.2 Å². The number of aliphatic hydroxyl groups is 6. The van der Waals surface area contributed by atoms with E-state index < -0.39 is 79.9 Å². The Morgan fingerprint density at radius 2 is 0.688 bits per heavy atom. The molecule has 0 spiro atoms. The molecule has 11 N–H and O–H groups in total. The lowest BCUT2D eigenvalue weighted by atomic mass is 10.0. The van der Waals surface area contributed by atoms with Gasteiger partial charge in [0.1, 0.15) is 102 Å². The zero-order valence-corrected chi connectivity index (χ0v) is 77.1. The van der Waals surface area contributed by atoms with E-state index in [0.29, 0.717) is 63.4 Å². The zero-order valence-electron chi connectivity index (χ0n) is 76.3. The van der Waals surface area contributed by atoms with Gasteiger partial charge in [0.25, 0.3) is 0 Å². The fourth-order valence-corrected chi connectivity index (χ4v) is 15.1. The van der Waals surface area contributed by atoms with Crippen LogP contribution < -0.4 is 36.1 Å². The lowest BCUT2D eigenvalue weighted by molar-refractivity contribution is 0.0599. The summed E-state index contributed by atoms with van der Waals surface area (Å²) >= 11 is 0. The van der Waals surface area contributed by atoms with E-state index in [1.165, 1.54) is 26.4 Å². The second-order valence-corrected chi connectivity index (χ2v) is 34.2. The van der Waals surface area contributed by atoms with Crippen molar-refractivity contribution in [2.75, 3.05) is 53.2 Å². The second kappa shape index (κ2) is 49.0. The maximum absolute atomic E-state index is 13.9. The highest BCUT2D eigenvalue weighted by molar-refractivity contribution is 7.89. The summed E-state index contributed by atoms with van der Waals surface area (Å²) in [6.45, 7) is -1.52. The summed E-state index contributed by atoms with van der Waals surface area (Å²) in [7, 11) is 5.07. The van der Waals surface area contributed by atoms with E-state index >= 15 is 0 Å². The normalized spacial score (nSPS) is 12.0. The van der Waals surface area contributed by atoms with Gasteiger partial charge in [0, 0.05) is 82.4 Å². The number of hydrogen-bond acceptors (Lipinski definition) is 27. The molecule has 30 heteroatoms. The first-order valence-electron chi connectivity index (χ1n) is 43.5. The van der Waals surface area contributed by atoms with Gasteiger partial charge in [-0.3, -0.25) is 19.2 Å². The minimum absolute atomic E-state index is 0.0279. The fourth-order valence-electron chi connectivity index (χ4n) is 14.4. The maximum Gasteiger partial charge on any atom is 0.337 e. The van der Waals surface area contributed by atoms with Crippen LogP contribution >= 0.6 is 0 Å². The fraction of sp³-hybridized carbons (Fsp3) is 0.204. The first kappa shape index (κ1) is 103. The summed E-state index contributed by atoms with van der Waals surface area (Å²) in [6, 6.07) is 78.2. The third-order valence-corrected chi connectivity index (χ3v) is 22.9. The van der Waals surface area contributed by atoms with Crippen molar-refractivity contribution in [1.29, 1.82) is 0 Å². The topological polar surface area (TPSA) is 452 Å². The number of halogens is 1. The number of anilines is 1. The average Bonchev–Trinajstić information content (AvgIpc) is 0.824. The average molecular weight is 1900 g/mol. The van der Waals surface area contributed by atoms with E-state index in [0.717, 1.165) is 125 Å². The summed E-state index contributed by atoms with van der Waals surface area (Å²) < 4.78 is 78.4. The second-order valence-electron chi connectivity index (χ2n) is 32.0. The van der Waals surface area contributed by atoms with Gasteiger partial charge in [-0.1, -0.05) is 176 Å². The molecule has 5 heterocycles. The standard InChI is InChI=1S/C22H23NO4.C22H22O6S.C22H20O6.C21H19FO5.C21H20O6/c1-23(2)18-10-8-17(9-11-18)16-6-3-15(4-7-16)5-12-21-22(26)20(25)13-19(14-24)27-21;1-27-18-10-8-17(9-11-18)16-6-3-15(4-7-16)5-12-21-22(24)20(23)13-19(28-21)14-29(2,25)26;1-27-22(26)17-9-7-16(8-10-17)15-5-2-14(3-6-15)4-11-20-21(25)19(24)12-18(13-23)28-20;1-26-19-9-7-15(10-17(19)22)14-5-2-13(3-6-14)4-8-20-21(25)18(24)11-16(12-23)27-20;22-12-17-11-18(23)20(24)19(27-17)10-3-13-1-4-14(5-2-13)15-6-8-16(9-7-15)21(25)26/h3-4,6-11,13,24,26H,5,12,14H2,1-2H3;3-4,6-11,13,24H,5,12,14H2,1-2H3;2-3,5-10,12,23,25H,4,11,13H2,1H3;2-3,5-7,9-11,23,25H,4,8,12H2,1H3;1-2,4-9,11,18,22-24H,3,10,12H2,(H,25,26). The van der Waals surface area contributed by atoms with Crippen LogP contribution in [0.3, 0.4) is 0 Å². The molecule has 0 amide bonds. The molecule has 1 aliphatic rings. The minimum atomic E-state index is -3.35. The molecule has 4 aromatic heterocycles. The Bertz CT molecular complexity index is 6930. The Morgan fingerprint density at radius 1 is 0.384 bits per heavy atom. The lowest BCUT2D eigenvalue weighted by Crippen LogP contribution is -2.18. The van der Waals surface area contributed by atoms with Crippen LogP contribution in [0.1, 0.15) is 101 Å². The lowest BCUT2D eigenvalue weighted by Gasteiger charge is -2.21. The third-order valence-electron chi connectivity index (χ3n) is 22.1. The number of carboxylic acid groups (broad SMARTS) is 1. The quantitative estimate of drug-likeness (QED) is 0.0180. The number of carboxylic acids is 1. The molecule has 138 heavy (non-hydrogen) atoms. The highest BCUT2D eigenvalue weighted by Gasteiger charge is 2.24. The predicted octanol–water partition coefficient (Wildman–Crippen LogP) is 16.2. The van der Waals surface area contributed by atoms with Crippen molar-refractivity contribution in [1.82, 2.24) is 0 Å². The van der Waals surface area contributed by atoms with Gasteiger partial charge in [-0.25, -0.2) is 22.4 Å². The Kier molecular flexibility index (Phi) is 36.5. The molecule has 716 valence electrons. The monoisotopic (exact) mass is 1900 g/mol. The van der Waals surface area contributed by atoms with Crippen LogP contribution in [0.4, 0.5) is 10.1 Å². The number of methoxy groups -OCH3 is 3. The molecule has 1 unspecified atom stereocenters. The summed E-state index contributed by atoms with van der Waals surface area (Å²) in [5.41, 5.74) is 14.5. The van der Waals surface area contributed by atoms with Crippen LogP contribution in [0.5, 0.6) is 34.5 Å². The number of aryl methyl sites for hydroxylation is 9. The summed E-state index contributed by atoms with van der Waals surface area (Å²) in [6.07, 6.45) is 5.68. The highest BCUT2D eigenvalue weighted by Crippen LogP contribution is 2.33. The van der Waals surface area contributed by atoms with Crippen molar-refractivity contribution in [3.63, 3.8) is 0 Å². The molecule has 0 bridgehead atoms. The van der Waals surface area contributed by atoms with Gasteiger partial charge >= 0.3 is 11.9 Å². The third kappa shape index (κ3) is 28.9. The molecule has 1 aliphatic heterocycles. The van der Waals surface area contributed by atoms with Crippen molar-refractivity contribution < 1.29 is 115 Å². The van der Waals surface area contributed by atoms with Gasteiger partial charge in [-0.05, 0) is 182 Å². The number of sulfone groups is 1. The molecule has 0 saturated carbocycles. The molecule has 0 radical (unpaired) electrons. The Hall–Kier alpha value is -15.7. The van der Waals surface area contributed by atoms with E-state index in [1.54, 1.807) is 55.6 Å². The molecular weight excluding hydrogens is 1790 g/mol. The zero-order chi connectivity index (χ0) is 99.3. The molecule has 15 rings (SSSR count). The molecule has 1 atom stereocenters. The van der Waals surface area contributed by atoms with Crippen molar-refractivity contribution in [3.05, 3.63) is 416 Å². The number of rotatable bonds is 31. The van der Waals surface area contributed by atoms with Crippen LogP contribution in [-0.2, 0) is 103 Å². The number of aromatic carboxylic acids is 1. The van der Waals surface area contributed by atoms with Gasteiger partial charge in [-0.15, -0.1) is 0 Å². The van der Waals surface area contributed by atoms with Gasteiger partial charge in [0.2, 0.25) is 44.7 Å². The van der Waals surface area contributed by atoms with Crippen LogP contribution in [0.15, 0.2) is 321 Å². The van der Waals surface area contributed by atoms with Crippen LogP contribution in [0, 0.1) is 5.82 Å². The van der Waals surface area contributed by atoms with Crippen molar-refractivity contribution in [3.8, 4) is 90.1 Å². The number of nitrogens with zero attached hydrogens (tertiary/aromatic N) is 1. The molecular formula is C108H104FNO27S. The molecule has 0 saturated heterocycles. The predicted molar refractivity (Wildman–Crippen MR) is 518 cm³/mol. The first-order valence-corrected chi connectivity index (χ1v) is 45.5. The highest BCUT2D eigenvalue weighted by atomic mass is 32.2. The van der Waals surface area contributed by atoms with E-state index in [2.05, 4.69) is 41.3 Å². The molecule has 28 nitrogen and oxygen atoms in total. The molecule has 14 aromatic rings. The SMILES string of the molecule is CN(C)c1ccc(-c2ccc(CCc3oc(CO)cc(=O)c3O)cc2)cc1.COC(=O)c1ccc(-c2ccc(CCc3oc(CO)cc(=O)c3O)cc2)cc1.COc1ccc(-c2ccc(CCc3oc(CO)cc(=O)c3O)cc2)cc1F.COc1ccc(-c2ccc(CCc3oc(CS(C)(=O)=O)cc(=O)c3O)cc2)cc1.O=C(O)c1ccc(-c2ccc(CCC3=C(O)C(O)C=C(CO)O3)cc2)cc1. The van der Waals surface area contributed by atoms with E-state index in [1.807, 2.05) is 160 Å². The number of carbonyl (C=O) groups excluding carboxylic acids is 1. The van der Waals surface area contributed by atoms with Crippen LogP contribution in [0.25, 0.3) is 55.6 Å². The first-order chi connectivity index (χ1) is 66.2. The van der Waals surface area contributed by atoms with Crippen molar-refractivity contribution in [2.45, 2.75) is 95.9 Å². The smallest absolute Gasteiger partial charge is 0.337 e. The van der Waals surface area contributed by atoms with Crippen molar-refractivity contribution >= 4 is 27.5 Å². The molecule has 0 aliphatic carbocycles. The number of allylic oxidation sites excluding steroid dienone is 1. The number of aliphatic hydroxyl groups excluding tert-OH is 6. The number of benzene rings is 10. The summed E-state index contributed by atoms with van der Waals surface area (Å²) in [4.78, 5) is 71.4. The maximum atomic E-state index is 13.9. The van der Waals surface area contributed by atoms with Gasteiger partial charge in [-0.2, -0.15) is 0 Å².